The number of amides is 2. The topological polar surface area (TPSA) is 85.3 Å². The van der Waals surface area contributed by atoms with Crippen molar-refractivity contribution in [1.82, 2.24) is 15.1 Å². The highest BCUT2D eigenvalue weighted by Gasteiger charge is 2.33. The number of nitrogens with zero attached hydrogens (tertiary/aromatic N) is 2. The molecular formula is C19H30N4O3. The van der Waals surface area contributed by atoms with Crippen LogP contribution < -0.4 is 10.6 Å². The lowest BCUT2D eigenvalue weighted by atomic mass is 10.0. The van der Waals surface area contributed by atoms with Crippen LogP contribution in [0.25, 0.3) is 0 Å². The van der Waals surface area contributed by atoms with Crippen molar-refractivity contribution in [2.75, 3.05) is 5.32 Å². The Morgan fingerprint density at radius 1 is 1.35 bits per heavy atom. The average Bonchev–Trinajstić information content (AvgIpc) is 3.15. The first kappa shape index (κ1) is 18.7. The van der Waals surface area contributed by atoms with Gasteiger partial charge < -0.3 is 15.4 Å². The molecule has 3 atom stereocenters. The lowest BCUT2D eigenvalue weighted by Crippen LogP contribution is -2.36. The first-order valence-corrected chi connectivity index (χ1v) is 9.55. The van der Waals surface area contributed by atoms with E-state index >= 15 is 0 Å². The second kappa shape index (κ2) is 7.29. The molecular weight excluding hydrogens is 332 g/mol. The second-order valence-corrected chi connectivity index (χ2v) is 8.61. The smallest absolute Gasteiger partial charge is 0.407 e. The van der Waals surface area contributed by atoms with Crippen LogP contribution >= 0.6 is 0 Å². The van der Waals surface area contributed by atoms with Gasteiger partial charge >= 0.3 is 6.09 Å². The quantitative estimate of drug-likeness (QED) is 0.760. The van der Waals surface area contributed by atoms with E-state index in [1.807, 2.05) is 38.4 Å². The summed E-state index contributed by atoms with van der Waals surface area (Å²) in [6.07, 6.45) is 5.22. The maximum absolute atomic E-state index is 12.1. The van der Waals surface area contributed by atoms with Gasteiger partial charge in [-0.1, -0.05) is 0 Å². The summed E-state index contributed by atoms with van der Waals surface area (Å²) in [5.74, 6) is 1.55. The van der Waals surface area contributed by atoms with Crippen LogP contribution in [0.2, 0.25) is 0 Å². The number of alkyl carbamates (subject to hydrolysis) is 1. The molecule has 0 bridgehead atoms. The fourth-order valence-electron chi connectivity index (χ4n) is 3.67. The van der Waals surface area contributed by atoms with Gasteiger partial charge in [0.05, 0.1) is 11.2 Å². The van der Waals surface area contributed by atoms with E-state index in [0.29, 0.717) is 18.1 Å². The summed E-state index contributed by atoms with van der Waals surface area (Å²) in [6.45, 7) is 8.18. The Labute approximate surface area is 154 Å². The zero-order valence-electron chi connectivity index (χ0n) is 16.1. The van der Waals surface area contributed by atoms with E-state index in [9.17, 15) is 9.59 Å². The predicted molar refractivity (Wildman–Crippen MR) is 99.1 cm³/mol. The predicted octanol–water partition coefficient (Wildman–Crippen LogP) is 3.37. The zero-order valence-corrected chi connectivity index (χ0v) is 16.1. The fourth-order valence-corrected chi connectivity index (χ4v) is 3.67. The maximum atomic E-state index is 12.1. The molecule has 3 rings (SSSR count). The number of ether oxygens (including phenoxy) is 1. The molecule has 3 unspecified atom stereocenters. The highest BCUT2D eigenvalue weighted by molar-refractivity contribution is 5.69. The molecule has 26 heavy (non-hydrogen) atoms. The summed E-state index contributed by atoms with van der Waals surface area (Å²) in [5.41, 5.74) is 0.721. The summed E-state index contributed by atoms with van der Waals surface area (Å²) in [6, 6.07) is 2.13. The number of anilines is 1. The van der Waals surface area contributed by atoms with Gasteiger partial charge in [-0.2, -0.15) is 5.10 Å². The molecule has 0 saturated heterocycles. The van der Waals surface area contributed by atoms with Gasteiger partial charge in [0, 0.05) is 18.0 Å². The second-order valence-electron chi connectivity index (χ2n) is 8.61. The minimum Gasteiger partial charge on any atom is -0.446 e. The molecule has 144 valence electrons. The number of aromatic nitrogens is 2. The maximum Gasteiger partial charge on any atom is 0.407 e. The van der Waals surface area contributed by atoms with E-state index in [2.05, 4.69) is 10.6 Å². The molecule has 7 heteroatoms. The van der Waals surface area contributed by atoms with Gasteiger partial charge in [-0.15, -0.1) is 0 Å². The van der Waals surface area contributed by atoms with Crippen molar-refractivity contribution in [3.63, 3.8) is 0 Å². The third-order valence-electron chi connectivity index (χ3n) is 5.32. The Morgan fingerprint density at radius 3 is 2.69 bits per heavy atom. The zero-order chi connectivity index (χ0) is 18.9. The van der Waals surface area contributed by atoms with Crippen LogP contribution in [0.15, 0.2) is 6.07 Å². The molecule has 1 aromatic rings. The molecule has 7 nitrogen and oxygen atoms in total. The molecule has 2 aliphatic carbocycles. The van der Waals surface area contributed by atoms with Crippen LogP contribution in [-0.2, 0) is 15.1 Å². The molecule has 0 aliphatic heterocycles. The van der Waals surface area contributed by atoms with Crippen LogP contribution in [0, 0.1) is 5.92 Å². The Kier molecular flexibility index (Phi) is 5.25. The van der Waals surface area contributed by atoms with Gasteiger partial charge in [0.1, 0.15) is 11.9 Å². The minimum absolute atomic E-state index is 0.0753. The first-order chi connectivity index (χ1) is 12.3. The molecule has 2 aliphatic rings. The van der Waals surface area contributed by atoms with Crippen LogP contribution in [0.5, 0.6) is 0 Å². The normalized spacial score (nSPS) is 24.2. The highest BCUT2D eigenvalue weighted by Crippen LogP contribution is 2.37. The average molecular weight is 362 g/mol. The van der Waals surface area contributed by atoms with E-state index in [4.69, 9.17) is 9.84 Å². The third kappa shape index (κ3) is 4.37. The van der Waals surface area contributed by atoms with Gasteiger partial charge in [-0.05, 0) is 65.7 Å². The van der Waals surface area contributed by atoms with Gasteiger partial charge in [-0.25, -0.2) is 9.48 Å². The van der Waals surface area contributed by atoms with Crippen molar-refractivity contribution in [3.05, 3.63) is 11.8 Å². The van der Waals surface area contributed by atoms with Crippen molar-refractivity contribution in [2.24, 2.45) is 5.92 Å². The largest absolute Gasteiger partial charge is 0.446 e. The molecule has 2 N–H and O–H groups in total. The summed E-state index contributed by atoms with van der Waals surface area (Å²) in [5, 5.41) is 10.4. The van der Waals surface area contributed by atoms with Crippen molar-refractivity contribution in [1.29, 1.82) is 0 Å². The lowest BCUT2D eigenvalue weighted by molar-refractivity contribution is -0.105. The molecule has 2 amide bonds. The summed E-state index contributed by atoms with van der Waals surface area (Å²) in [4.78, 5) is 22.9. The van der Waals surface area contributed by atoms with Gasteiger partial charge in [-0.3, -0.25) is 4.79 Å². The number of nitrogens with one attached hydrogen (secondary N) is 2. The number of carbonyl (C=O) groups is 2. The van der Waals surface area contributed by atoms with Gasteiger partial charge in [0.15, 0.2) is 0 Å². The van der Waals surface area contributed by atoms with Crippen LogP contribution in [-0.4, -0.2) is 34.4 Å². The third-order valence-corrected chi connectivity index (χ3v) is 5.32. The fraction of sp³-hybridized carbons (Fsp3) is 0.737. The van der Waals surface area contributed by atoms with E-state index < -0.39 is 0 Å². The van der Waals surface area contributed by atoms with E-state index in [1.54, 1.807) is 0 Å². The molecule has 0 spiro atoms. The molecule has 1 aromatic heterocycles. The number of carbonyl (C=O) groups excluding carboxylic acids is 2. The summed E-state index contributed by atoms with van der Waals surface area (Å²) >= 11 is 0. The number of hydrogen-bond donors (Lipinski definition) is 2. The van der Waals surface area contributed by atoms with Crippen LogP contribution in [0.4, 0.5) is 10.6 Å². The van der Waals surface area contributed by atoms with Crippen LogP contribution in [0.3, 0.4) is 0 Å². The Bertz CT molecular complexity index is 660. The Morgan fingerprint density at radius 2 is 2.08 bits per heavy atom. The molecule has 2 fully saturated rings. The van der Waals surface area contributed by atoms with Crippen molar-refractivity contribution in [3.8, 4) is 0 Å². The summed E-state index contributed by atoms with van der Waals surface area (Å²) < 4.78 is 7.45. The summed E-state index contributed by atoms with van der Waals surface area (Å²) in [7, 11) is 0. The van der Waals surface area contributed by atoms with Gasteiger partial charge in [0.2, 0.25) is 6.41 Å². The van der Waals surface area contributed by atoms with Crippen LogP contribution in [0.1, 0.15) is 71.4 Å². The number of rotatable bonds is 6. The van der Waals surface area contributed by atoms with Gasteiger partial charge in [0.25, 0.3) is 0 Å². The lowest BCUT2D eigenvalue weighted by Gasteiger charge is -2.21. The van der Waals surface area contributed by atoms with Crippen molar-refractivity contribution < 1.29 is 14.3 Å². The number of hydrogen-bond acceptors (Lipinski definition) is 4. The Hall–Kier alpha value is -2.05. The van der Waals surface area contributed by atoms with E-state index in [0.717, 1.165) is 25.0 Å². The highest BCUT2D eigenvalue weighted by atomic mass is 16.6. The molecule has 0 aromatic carbocycles. The Balaban J connectivity index is 1.59. The SMILES string of the molecule is CC(NC(=O)OC1CCC(c2cc(NC=O)n(C(C)(C)C)n2)C1)C1CC1. The van der Waals surface area contributed by atoms with Crippen molar-refractivity contribution >= 4 is 18.3 Å². The van der Waals surface area contributed by atoms with E-state index in [-0.39, 0.29) is 29.7 Å². The molecule has 1 heterocycles. The van der Waals surface area contributed by atoms with Crippen molar-refractivity contribution in [2.45, 2.75) is 83.4 Å². The first-order valence-electron chi connectivity index (χ1n) is 9.55. The van der Waals surface area contributed by atoms with E-state index in [1.165, 1.54) is 12.8 Å². The standard InChI is InChI=1S/C19H30N4O3/c1-12(13-5-6-13)21-18(25)26-15-8-7-14(9-15)16-10-17(20-11-24)23(22-16)19(2,3)4/h10-15H,5-9H2,1-4H3,(H,20,24)(H,21,25). The molecule has 2 saturated carbocycles. The minimum atomic E-state index is -0.307. The monoisotopic (exact) mass is 362 g/mol. The molecule has 0 radical (unpaired) electrons.